The fourth-order valence-corrected chi connectivity index (χ4v) is 6.97. The van der Waals surface area contributed by atoms with Gasteiger partial charge in [0.25, 0.3) is 5.79 Å². The highest BCUT2D eigenvalue weighted by molar-refractivity contribution is 6.30. The number of ether oxygens (including phenoxy) is 13. The molecule has 25 nitrogen and oxygen atoms in total. The van der Waals surface area contributed by atoms with Gasteiger partial charge in [0.15, 0.2) is 12.2 Å². The van der Waals surface area contributed by atoms with Crippen molar-refractivity contribution in [2.45, 2.75) is 110 Å². The quantitative estimate of drug-likeness (QED) is 0.0416. The van der Waals surface area contributed by atoms with Gasteiger partial charge in [-0.3, -0.25) is 28.8 Å². The summed E-state index contributed by atoms with van der Waals surface area (Å²) >= 11 is 5.97. The number of hydrogen-bond donors (Lipinski definition) is 4. The molecule has 0 radical (unpaired) electrons. The number of carbonyl (C=O) groups excluding carboxylic acids is 8. The molecule has 1 aliphatic rings. The Kier molecular flexibility index (Phi) is 31.4. The standard InChI is InChI=1S/C48H75ClN4O21/c1-32(54)53-42-38(70-33(2)55)30-48(45(60)62-8,73-44(42)43(72-35(4)57)39(71-34(3)56)31-52-41(59)29-36-9-11-37(49)12-10-36)69-28-27-68-24-21-64-17-14-50-40(58)13-16-63-19-22-66-25-26-67-23-20-65-18-15-51-46(61)74-47(5,6)7/h9-12,38-39,42-44H,13-31H2,1-8H3,(H,50,58)(H,51,61)(H,52,59)(H,53,54)/t38-,39+,42+,43+,44+,48+/m0/s1. The Morgan fingerprint density at radius 1 is 0.676 bits per heavy atom. The minimum absolute atomic E-state index is 0.0715. The molecule has 420 valence electrons. The molecule has 2 rings (SSSR count). The van der Waals surface area contributed by atoms with Crippen LogP contribution in [0, 0.1) is 0 Å². The molecule has 0 aliphatic carbocycles. The fourth-order valence-electron chi connectivity index (χ4n) is 6.85. The largest absolute Gasteiger partial charge is 0.465 e. The molecule has 0 bridgehead atoms. The second-order valence-electron chi connectivity index (χ2n) is 17.3. The molecule has 74 heavy (non-hydrogen) atoms. The van der Waals surface area contributed by atoms with Crippen molar-refractivity contribution in [1.82, 2.24) is 21.3 Å². The maximum absolute atomic E-state index is 13.6. The van der Waals surface area contributed by atoms with E-state index in [0.717, 1.165) is 34.8 Å². The van der Waals surface area contributed by atoms with Crippen LogP contribution in [0.15, 0.2) is 24.3 Å². The van der Waals surface area contributed by atoms with Gasteiger partial charge in [0.05, 0.1) is 118 Å². The molecule has 0 spiro atoms. The van der Waals surface area contributed by atoms with Crippen molar-refractivity contribution < 1.29 is 99.9 Å². The van der Waals surface area contributed by atoms with Crippen molar-refractivity contribution in [2.75, 3.05) is 113 Å². The maximum atomic E-state index is 13.6. The Labute approximate surface area is 436 Å². The van der Waals surface area contributed by atoms with Gasteiger partial charge >= 0.3 is 30.0 Å². The number of nitrogens with one attached hydrogen (secondary N) is 4. The van der Waals surface area contributed by atoms with Crippen molar-refractivity contribution in [3.8, 4) is 0 Å². The number of methoxy groups -OCH3 is 1. The third-order valence-electron chi connectivity index (χ3n) is 9.83. The molecule has 1 aliphatic heterocycles. The van der Waals surface area contributed by atoms with Gasteiger partial charge in [-0.05, 0) is 38.5 Å². The second-order valence-corrected chi connectivity index (χ2v) is 17.7. The number of halogens is 1. The monoisotopic (exact) mass is 1080 g/mol. The summed E-state index contributed by atoms with van der Waals surface area (Å²) in [6.07, 6.45) is -7.25. The molecule has 1 aromatic carbocycles. The number of esters is 4. The van der Waals surface area contributed by atoms with E-state index in [9.17, 15) is 38.4 Å². The first kappa shape index (κ1) is 64.9. The molecular formula is C48H75ClN4O21. The van der Waals surface area contributed by atoms with Crippen molar-refractivity contribution in [2.24, 2.45) is 0 Å². The van der Waals surface area contributed by atoms with Crippen LogP contribution in [0.2, 0.25) is 5.02 Å². The van der Waals surface area contributed by atoms with E-state index in [1.165, 1.54) is 0 Å². The third-order valence-corrected chi connectivity index (χ3v) is 10.1. The van der Waals surface area contributed by atoms with E-state index in [1.54, 1.807) is 45.0 Å². The highest BCUT2D eigenvalue weighted by Crippen LogP contribution is 2.37. The maximum Gasteiger partial charge on any atom is 0.407 e. The highest BCUT2D eigenvalue weighted by atomic mass is 35.5. The Morgan fingerprint density at radius 2 is 1.20 bits per heavy atom. The van der Waals surface area contributed by atoms with Crippen LogP contribution in [0.3, 0.4) is 0 Å². The van der Waals surface area contributed by atoms with Crippen LogP contribution < -0.4 is 21.3 Å². The van der Waals surface area contributed by atoms with Crippen molar-refractivity contribution in [3.63, 3.8) is 0 Å². The van der Waals surface area contributed by atoms with E-state index in [0.29, 0.717) is 63.4 Å². The number of carbonyl (C=O) groups is 8. The number of hydrogen-bond acceptors (Lipinski definition) is 21. The van der Waals surface area contributed by atoms with Crippen LogP contribution in [-0.2, 0) is 102 Å². The smallest absolute Gasteiger partial charge is 0.407 e. The summed E-state index contributed by atoms with van der Waals surface area (Å²) in [5.74, 6) is -7.46. The van der Waals surface area contributed by atoms with Gasteiger partial charge in [-0.25, -0.2) is 9.59 Å². The van der Waals surface area contributed by atoms with Gasteiger partial charge in [-0.2, -0.15) is 0 Å². The van der Waals surface area contributed by atoms with E-state index in [1.807, 2.05) is 0 Å². The lowest BCUT2D eigenvalue weighted by atomic mass is 9.87. The van der Waals surface area contributed by atoms with Crippen LogP contribution in [0.1, 0.15) is 66.9 Å². The minimum atomic E-state index is -2.39. The molecular weight excluding hydrogens is 1000 g/mol. The molecule has 4 N–H and O–H groups in total. The zero-order chi connectivity index (χ0) is 54.9. The summed E-state index contributed by atoms with van der Waals surface area (Å²) in [4.78, 5) is 101. The number of benzene rings is 1. The van der Waals surface area contributed by atoms with E-state index in [4.69, 9.17) is 73.2 Å². The van der Waals surface area contributed by atoms with Crippen LogP contribution in [0.4, 0.5) is 4.79 Å². The molecule has 1 aromatic rings. The summed E-state index contributed by atoms with van der Waals surface area (Å²) < 4.78 is 72.3. The number of alkyl carbamates (subject to hydrolysis) is 1. The zero-order valence-corrected chi connectivity index (χ0v) is 44.3. The number of amides is 4. The summed E-state index contributed by atoms with van der Waals surface area (Å²) in [6.45, 7) is 12.4. The molecule has 0 unspecified atom stereocenters. The average Bonchev–Trinajstić information content (AvgIpc) is 3.31. The second kappa shape index (κ2) is 35.9. The Morgan fingerprint density at radius 3 is 1.72 bits per heavy atom. The third kappa shape index (κ3) is 28.4. The Hall–Kier alpha value is -5.25. The van der Waals surface area contributed by atoms with E-state index >= 15 is 0 Å². The van der Waals surface area contributed by atoms with Gasteiger partial charge in [-0.1, -0.05) is 23.7 Å². The average molecular weight is 1080 g/mol. The van der Waals surface area contributed by atoms with Gasteiger partial charge in [-0.15, -0.1) is 0 Å². The molecule has 6 atom stereocenters. The first-order valence-corrected chi connectivity index (χ1v) is 24.4. The van der Waals surface area contributed by atoms with E-state index in [2.05, 4.69) is 21.3 Å². The van der Waals surface area contributed by atoms with Gasteiger partial charge in [0.2, 0.25) is 17.7 Å². The predicted molar refractivity (Wildman–Crippen MR) is 259 cm³/mol. The molecule has 1 saturated heterocycles. The van der Waals surface area contributed by atoms with Crippen LogP contribution >= 0.6 is 11.6 Å². The van der Waals surface area contributed by atoms with E-state index in [-0.39, 0.29) is 64.9 Å². The van der Waals surface area contributed by atoms with Crippen molar-refractivity contribution in [1.29, 1.82) is 0 Å². The Bertz CT molecular complexity index is 1890. The summed E-state index contributed by atoms with van der Waals surface area (Å²) in [5, 5.41) is 11.1. The summed E-state index contributed by atoms with van der Waals surface area (Å²) in [7, 11) is 1.05. The molecule has 0 saturated carbocycles. The lowest BCUT2D eigenvalue weighted by molar-refractivity contribution is -0.315. The van der Waals surface area contributed by atoms with Crippen LogP contribution in [-0.4, -0.2) is 202 Å². The van der Waals surface area contributed by atoms with E-state index < -0.39 is 96.6 Å². The predicted octanol–water partition coefficient (Wildman–Crippen LogP) is 1.10. The lowest BCUT2D eigenvalue weighted by Gasteiger charge is -2.48. The van der Waals surface area contributed by atoms with Crippen LogP contribution in [0.5, 0.6) is 0 Å². The van der Waals surface area contributed by atoms with Crippen molar-refractivity contribution in [3.05, 3.63) is 34.9 Å². The SMILES string of the molecule is COC(=O)[C@@]1(OCCOCCOCCNC(=O)CCOCCOCCOCCOCCNC(=O)OC(C)(C)C)C[C@H](OC(C)=O)[C@@H](NC(C)=O)[C@H]([C@H](OC(C)=O)[C@@H](CNC(=O)Cc2ccc(Cl)cc2)OC(C)=O)O1. The minimum Gasteiger partial charge on any atom is -0.465 e. The number of rotatable bonds is 36. The summed E-state index contributed by atoms with van der Waals surface area (Å²) in [5.41, 5.74) is 0.0469. The lowest BCUT2D eigenvalue weighted by Crippen LogP contribution is -2.69. The van der Waals surface area contributed by atoms with Gasteiger partial charge in [0, 0.05) is 52.2 Å². The zero-order valence-electron chi connectivity index (χ0n) is 43.6. The molecule has 0 aromatic heterocycles. The first-order chi connectivity index (χ1) is 35.1. The highest BCUT2D eigenvalue weighted by Gasteiger charge is 2.59. The molecule has 26 heteroatoms. The van der Waals surface area contributed by atoms with Crippen LogP contribution in [0.25, 0.3) is 0 Å². The Balaban J connectivity index is 1.83. The fraction of sp³-hybridized carbons (Fsp3) is 0.708. The molecule has 1 heterocycles. The molecule has 4 amide bonds. The van der Waals surface area contributed by atoms with Gasteiger partial charge in [0.1, 0.15) is 17.8 Å². The van der Waals surface area contributed by atoms with Crippen molar-refractivity contribution >= 4 is 59.3 Å². The normalized spacial score (nSPS) is 18.2. The summed E-state index contributed by atoms with van der Waals surface area (Å²) in [6, 6.07) is 5.15. The van der Waals surface area contributed by atoms with Gasteiger partial charge < -0.3 is 82.8 Å². The topological polar surface area (TPSA) is 305 Å². The molecule has 1 fully saturated rings. The first-order valence-electron chi connectivity index (χ1n) is 24.0.